The lowest BCUT2D eigenvalue weighted by Gasteiger charge is -2.16. The number of aromatic nitrogens is 1. The van der Waals surface area contributed by atoms with Crippen molar-refractivity contribution in [1.82, 2.24) is 4.98 Å². The van der Waals surface area contributed by atoms with Crippen molar-refractivity contribution in [2.24, 2.45) is 5.73 Å². The number of aromatic amines is 1. The maximum absolute atomic E-state index is 6.57. The molecule has 8 rings (SSSR count). The van der Waals surface area contributed by atoms with Crippen molar-refractivity contribution < 1.29 is 0 Å². The van der Waals surface area contributed by atoms with E-state index in [1.165, 1.54) is 58.1 Å². The zero-order valence-electron chi connectivity index (χ0n) is 22.3. The molecule has 0 aliphatic rings. The summed E-state index contributed by atoms with van der Waals surface area (Å²) in [7, 11) is 0. The summed E-state index contributed by atoms with van der Waals surface area (Å²) < 4.78 is 2.61. The van der Waals surface area contributed by atoms with E-state index in [9.17, 15) is 0 Å². The second kappa shape index (κ2) is 9.22. The number of hydrogen-bond acceptors (Lipinski definition) is 2. The summed E-state index contributed by atoms with van der Waals surface area (Å²) in [5.41, 5.74) is 12.7. The molecule has 3 heteroatoms. The number of nitrogens with one attached hydrogen (secondary N) is 1. The number of thiophene rings is 1. The maximum Gasteiger partial charge on any atom is 0.0454 e. The van der Waals surface area contributed by atoms with Crippen molar-refractivity contribution in [3.8, 4) is 22.4 Å². The molecule has 41 heavy (non-hydrogen) atoms. The van der Waals surface area contributed by atoms with E-state index in [2.05, 4.69) is 115 Å². The monoisotopic (exact) mass is 542 g/mol. The van der Waals surface area contributed by atoms with Crippen LogP contribution in [0.2, 0.25) is 0 Å². The van der Waals surface area contributed by atoms with Crippen LogP contribution in [0.1, 0.15) is 5.56 Å². The quantitative estimate of drug-likeness (QED) is 0.169. The minimum Gasteiger partial charge on any atom is -0.398 e. The molecule has 0 spiro atoms. The highest BCUT2D eigenvalue weighted by Gasteiger charge is 2.19. The van der Waals surface area contributed by atoms with Gasteiger partial charge in [-0.15, -0.1) is 11.3 Å². The molecule has 0 unspecified atom stereocenters. The Morgan fingerprint density at radius 1 is 0.659 bits per heavy atom. The van der Waals surface area contributed by atoms with Crippen LogP contribution in [0, 0.1) is 0 Å². The summed E-state index contributed by atoms with van der Waals surface area (Å²) in [6.07, 6.45) is 5.57. The Labute approximate surface area is 241 Å². The number of fused-ring (bicyclic) bond motifs is 10. The zero-order valence-corrected chi connectivity index (χ0v) is 23.1. The Hall–Kier alpha value is -5.12. The summed E-state index contributed by atoms with van der Waals surface area (Å²) in [6, 6.07) is 39.6. The highest BCUT2D eigenvalue weighted by molar-refractivity contribution is 7.27. The van der Waals surface area contributed by atoms with Crippen LogP contribution in [-0.4, -0.2) is 4.98 Å². The Morgan fingerprint density at radius 2 is 1.32 bits per heavy atom. The average molecular weight is 543 g/mol. The highest BCUT2D eigenvalue weighted by atomic mass is 32.1. The van der Waals surface area contributed by atoms with E-state index in [4.69, 9.17) is 5.73 Å². The predicted octanol–water partition coefficient (Wildman–Crippen LogP) is 10.7. The van der Waals surface area contributed by atoms with E-state index < -0.39 is 0 Å². The van der Waals surface area contributed by atoms with Crippen LogP contribution in [0.15, 0.2) is 134 Å². The van der Waals surface area contributed by atoms with E-state index in [1.54, 1.807) is 6.08 Å². The predicted molar refractivity (Wildman–Crippen MR) is 179 cm³/mol. The Kier molecular flexibility index (Phi) is 5.34. The van der Waals surface area contributed by atoms with Crippen LogP contribution in [0.25, 0.3) is 80.6 Å². The van der Waals surface area contributed by atoms with Gasteiger partial charge in [0.25, 0.3) is 0 Å². The average Bonchev–Trinajstić information content (AvgIpc) is 3.70. The lowest BCUT2D eigenvalue weighted by molar-refractivity contribution is 1.39. The summed E-state index contributed by atoms with van der Waals surface area (Å²) in [4.78, 5) is 3.39. The first-order valence-corrected chi connectivity index (χ1v) is 14.6. The van der Waals surface area contributed by atoms with Gasteiger partial charge in [-0.05, 0) is 97.7 Å². The molecule has 8 aromatic rings. The fourth-order valence-corrected chi connectivity index (χ4v) is 7.63. The molecule has 2 nitrogen and oxygen atoms in total. The number of allylic oxidation sites excluding steroid dienone is 2. The van der Waals surface area contributed by atoms with E-state index >= 15 is 0 Å². The number of H-pyrrole nitrogens is 1. The second-order valence-electron chi connectivity index (χ2n) is 10.5. The van der Waals surface area contributed by atoms with Gasteiger partial charge in [0.15, 0.2) is 0 Å². The van der Waals surface area contributed by atoms with Gasteiger partial charge >= 0.3 is 0 Å². The molecule has 0 fully saturated rings. The van der Waals surface area contributed by atoms with Crippen LogP contribution in [-0.2, 0) is 0 Å². The lowest BCUT2D eigenvalue weighted by Crippen LogP contribution is -1.97. The van der Waals surface area contributed by atoms with Gasteiger partial charge in [0, 0.05) is 43.1 Å². The van der Waals surface area contributed by atoms with Crippen LogP contribution in [0.3, 0.4) is 0 Å². The molecular weight excluding hydrogens is 516 g/mol. The molecule has 2 aromatic heterocycles. The van der Waals surface area contributed by atoms with Crippen molar-refractivity contribution in [2.45, 2.75) is 0 Å². The molecule has 0 atom stereocenters. The van der Waals surface area contributed by atoms with Crippen molar-refractivity contribution in [3.05, 3.63) is 140 Å². The molecule has 0 saturated heterocycles. The van der Waals surface area contributed by atoms with Crippen LogP contribution >= 0.6 is 11.3 Å². The van der Waals surface area contributed by atoms with Crippen molar-refractivity contribution in [1.29, 1.82) is 0 Å². The standard InChI is InChI=1S/C38H26N2S/c1-2-10-33(39)24-19-23(20-25(21-24)34-16-9-18-40-34)31-22-32-28-13-4-3-11-26(28)27-12-5-6-14-29(27)36(32)38-37(31)30-15-7-8-17-35(30)41-38/h2-22,40H,1,39H2/b33-10-. The van der Waals surface area contributed by atoms with Gasteiger partial charge in [0.2, 0.25) is 0 Å². The van der Waals surface area contributed by atoms with Gasteiger partial charge < -0.3 is 10.7 Å². The summed E-state index contributed by atoms with van der Waals surface area (Å²) in [6.45, 7) is 3.87. The van der Waals surface area contributed by atoms with E-state index in [0.29, 0.717) is 5.70 Å². The van der Waals surface area contributed by atoms with Gasteiger partial charge in [-0.25, -0.2) is 0 Å². The maximum atomic E-state index is 6.57. The SMILES string of the molecule is C=C/C=C(\N)c1cc(-c2ccc[nH]2)cc(-c2cc3c4ccccc4c4ccccc4c3c3sc4ccccc4c23)c1. The summed E-state index contributed by atoms with van der Waals surface area (Å²) in [5, 5.41) is 10.3. The molecule has 6 aromatic carbocycles. The number of rotatable bonds is 4. The molecule has 194 valence electrons. The number of benzene rings is 6. The molecule has 0 aliphatic heterocycles. The summed E-state index contributed by atoms with van der Waals surface area (Å²) >= 11 is 1.89. The first-order valence-electron chi connectivity index (χ1n) is 13.8. The Morgan fingerprint density at radius 3 is 2.05 bits per heavy atom. The van der Waals surface area contributed by atoms with Crippen molar-refractivity contribution in [3.63, 3.8) is 0 Å². The Balaban J connectivity index is 1.59. The smallest absolute Gasteiger partial charge is 0.0454 e. The summed E-state index contributed by atoms with van der Waals surface area (Å²) in [5.74, 6) is 0. The molecular formula is C38H26N2S. The third-order valence-electron chi connectivity index (χ3n) is 8.14. The zero-order chi connectivity index (χ0) is 27.5. The number of hydrogen-bond donors (Lipinski definition) is 2. The van der Waals surface area contributed by atoms with E-state index in [0.717, 1.165) is 22.4 Å². The molecule has 3 N–H and O–H groups in total. The van der Waals surface area contributed by atoms with Gasteiger partial charge in [-0.2, -0.15) is 0 Å². The molecule has 0 bridgehead atoms. The van der Waals surface area contributed by atoms with Gasteiger partial charge in [0.1, 0.15) is 0 Å². The topological polar surface area (TPSA) is 41.8 Å². The third-order valence-corrected chi connectivity index (χ3v) is 9.33. The highest BCUT2D eigenvalue weighted by Crippen LogP contribution is 2.48. The van der Waals surface area contributed by atoms with E-state index in [-0.39, 0.29) is 0 Å². The van der Waals surface area contributed by atoms with Gasteiger partial charge in [-0.3, -0.25) is 0 Å². The van der Waals surface area contributed by atoms with Gasteiger partial charge in [0.05, 0.1) is 0 Å². The van der Waals surface area contributed by atoms with Crippen LogP contribution < -0.4 is 5.73 Å². The van der Waals surface area contributed by atoms with Crippen LogP contribution in [0.4, 0.5) is 0 Å². The second-order valence-corrected chi connectivity index (χ2v) is 11.5. The molecule has 0 radical (unpaired) electrons. The third kappa shape index (κ3) is 3.63. The largest absolute Gasteiger partial charge is 0.398 e. The fraction of sp³-hybridized carbons (Fsp3) is 0. The van der Waals surface area contributed by atoms with E-state index in [1.807, 2.05) is 29.7 Å². The first kappa shape index (κ1) is 23.7. The molecule has 0 amide bonds. The first-order chi connectivity index (χ1) is 20.2. The van der Waals surface area contributed by atoms with Gasteiger partial charge in [-0.1, -0.05) is 79.4 Å². The molecule has 0 saturated carbocycles. The minimum atomic E-state index is 0.693. The normalized spacial score (nSPS) is 12.2. The lowest BCUT2D eigenvalue weighted by atomic mass is 9.88. The Bertz CT molecular complexity index is 2340. The minimum absolute atomic E-state index is 0.693. The van der Waals surface area contributed by atoms with Crippen molar-refractivity contribution in [2.75, 3.05) is 0 Å². The molecule has 0 aliphatic carbocycles. The molecule has 2 heterocycles. The fourth-order valence-electron chi connectivity index (χ4n) is 6.33. The number of nitrogens with two attached hydrogens (primary N) is 1. The van der Waals surface area contributed by atoms with Crippen molar-refractivity contribution >= 4 is 69.5 Å². The van der Waals surface area contributed by atoms with Crippen LogP contribution in [0.5, 0.6) is 0 Å².